The molecule has 0 aliphatic carbocycles. The van der Waals surface area contributed by atoms with Crippen LogP contribution in [0.25, 0.3) is 0 Å². The van der Waals surface area contributed by atoms with E-state index in [0.717, 1.165) is 0 Å². The Morgan fingerprint density at radius 2 is 2.04 bits per heavy atom. The van der Waals surface area contributed by atoms with Crippen LogP contribution in [-0.2, 0) is 4.74 Å². The Morgan fingerprint density at radius 3 is 2.78 bits per heavy atom. The smallest absolute Gasteiger partial charge is 0.274 e. The highest BCUT2D eigenvalue weighted by Crippen LogP contribution is 2.17. The average molecular weight is 316 g/mol. The summed E-state index contributed by atoms with van der Waals surface area (Å²) in [5, 5.41) is 5.81. The molecule has 1 aromatic carbocycles. The lowest BCUT2D eigenvalue weighted by Crippen LogP contribution is -2.17. The third kappa shape index (κ3) is 4.93. The van der Waals surface area contributed by atoms with Crippen LogP contribution in [0, 0.1) is 6.92 Å². The number of carbonyl (C=O) groups excluding carboxylic acids is 1. The minimum absolute atomic E-state index is 0.292. The first kappa shape index (κ1) is 16.7. The van der Waals surface area contributed by atoms with E-state index in [9.17, 15) is 4.79 Å². The van der Waals surface area contributed by atoms with Crippen LogP contribution < -0.4 is 15.4 Å². The number of nitrogens with zero attached hydrogens (tertiary/aromatic N) is 2. The average Bonchev–Trinajstić information content (AvgIpc) is 2.55. The molecule has 2 aromatic rings. The van der Waals surface area contributed by atoms with Crippen molar-refractivity contribution in [2.75, 3.05) is 38.0 Å². The minimum Gasteiger partial charge on any atom is -0.497 e. The zero-order valence-corrected chi connectivity index (χ0v) is 13.4. The Hall–Kier alpha value is -2.67. The zero-order valence-electron chi connectivity index (χ0n) is 13.4. The molecule has 0 unspecified atom stereocenters. The largest absolute Gasteiger partial charge is 0.497 e. The molecule has 0 aliphatic rings. The highest BCUT2D eigenvalue weighted by atomic mass is 16.5. The maximum atomic E-state index is 12.4. The Labute approximate surface area is 135 Å². The highest BCUT2D eigenvalue weighted by Gasteiger charge is 2.11. The molecule has 0 saturated carbocycles. The molecule has 0 saturated heterocycles. The normalized spacial score (nSPS) is 10.2. The fourth-order valence-electron chi connectivity index (χ4n) is 1.92. The predicted molar refractivity (Wildman–Crippen MR) is 88.1 cm³/mol. The summed E-state index contributed by atoms with van der Waals surface area (Å²) < 4.78 is 10.1. The van der Waals surface area contributed by atoms with Crippen LogP contribution in [0.3, 0.4) is 0 Å². The topological polar surface area (TPSA) is 85.4 Å². The van der Waals surface area contributed by atoms with Crippen molar-refractivity contribution in [3.8, 4) is 5.75 Å². The summed E-state index contributed by atoms with van der Waals surface area (Å²) in [4.78, 5) is 20.8. The lowest BCUT2D eigenvalue weighted by Gasteiger charge is -2.09. The molecule has 1 heterocycles. The summed E-state index contributed by atoms with van der Waals surface area (Å²) in [5.41, 5.74) is 1.63. The third-order valence-corrected chi connectivity index (χ3v) is 3.00. The van der Waals surface area contributed by atoms with Crippen molar-refractivity contribution in [3.63, 3.8) is 0 Å². The van der Waals surface area contributed by atoms with Crippen LogP contribution in [0.5, 0.6) is 5.75 Å². The van der Waals surface area contributed by atoms with Gasteiger partial charge in [0, 0.05) is 31.1 Å². The Bertz CT molecular complexity index is 676. The molecule has 1 aromatic heterocycles. The standard InChI is InChI=1S/C16H20N4O3/c1-11-9-14(20-16(18-11)17-7-8-22-2)15(21)19-12-5-4-6-13(10-12)23-3/h4-6,9-10H,7-8H2,1-3H3,(H,19,21)(H,17,18,20). The SMILES string of the molecule is COCCNc1nc(C)cc(C(=O)Nc2cccc(OC)c2)n1. The monoisotopic (exact) mass is 316 g/mol. The van der Waals surface area contributed by atoms with Gasteiger partial charge in [0.05, 0.1) is 13.7 Å². The Kier molecular flexibility index (Phi) is 5.87. The van der Waals surface area contributed by atoms with Crippen molar-refractivity contribution >= 4 is 17.5 Å². The molecule has 1 amide bonds. The molecule has 0 fully saturated rings. The van der Waals surface area contributed by atoms with Gasteiger partial charge in [-0.1, -0.05) is 6.07 Å². The van der Waals surface area contributed by atoms with Gasteiger partial charge in [0.1, 0.15) is 11.4 Å². The second kappa shape index (κ2) is 8.09. The molecule has 0 spiro atoms. The van der Waals surface area contributed by atoms with Crippen molar-refractivity contribution < 1.29 is 14.3 Å². The van der Waals surface area contributed by atoms with Crippen molar-refractivity contribution in [3.05, 3.63) is 41.7 Å². The zero-order chi connectivity index (χ0) is 16.7. The maximum Gasteiger partial charge on any atom is 0.274 e. The second-order valence-corrected chi connectivity index (χ2v) is 4.82. The summed E-state index contributed by atoms with van der Waals surface area (Å²) in [7, 11) is 3.19. The van der Waals surface area contributed by atoms with Crippen LogP contribution in [0.1, 0.15) is 16.2 Å². The van der Waals surface area contributed by atoms with Gasteiger partial charge in [0.15, 0.2) is 0 Å². The number of nitrogens with one attached hydrogen (secondary N) is 2. The van der Waals surface area contributed by atoms with E-state index in [4.69, 9.17) is 9.47 Å². The van der Waals surface area contributed by atoms with Gasteiger partial charge >= 0.3 is 0 Å². The molecule has 0 radical (unpaired) electrons. The summed E-state index contributed by atoms with van der Waals surface area (Å²) >= 11 is 0. The fraction of sp³-hybridized carbons (Fsp3) is 0.312. The van der Waals surface area contributed by atoms with Crippen LogP contribution in [0.4, 0.5) is 11.6 Å². The summed E-state index contributed by atoms with van der Waals surface area (Å²) in [6.07, 6.45) is 0. The molecule has 122 valence electrons. The van der Waals surface area contributed by atoms with E-state index in [2.05, 4.69) is 20.6 Å². The van der Waals surface area contributed by atoms with Crippen molar-refractivity contribution in [2.45, 2.75) is 6.92 Å². The van der Waals surface area contributed by atoms with E-state index in [0.29, 0.717) is 41.9 Å². The van der Waals surface area contributed by atoms with Crippen molar-refractivity contribution in [1.29, 1.82) is 0 Å². The number of anilines is 2. The molecule has 7 heteroatoms. The first-order valence-electron chi connectivity index (χ1n) is 7.16. The fourth-order valence-corrected chi connectivity index (χ4v) is 1.92. The molecular formula is C16H20N4O3. The third-order valence-electron chi connectivity index (χ3n) is 3.00. The Balaban J connectivity index is 2.11. The first-order chi connectivity index (χ1) is 11.1. The number of aromatic nitrogens is 2. The van der Waals surface area contributed by atoms with E-state index in [1.807, 2.05) is 13.0 Å². The van der Waals surface area contributed by atoms with E-state index >= 15 is 0 Å². The van der Waals surface area contributed by atoms with Crippen LogP contribution >= 0.6 is 0 Å². The van der Waals surface area contributed by atoms with Crippen LogP contribution in [-0.4, -0.2) is 43.2 Å². The van der Waals surface area contributed by atoms with Gasteiger partial charge in [0.2, 0.25) is 5.95 Å². The van der Waals surface area contributed by atoms with Gasteiger partial charge in [0.25, 0.3) is 5.91 Å². The Morgan fingerprint density at radius 1 is 1.22 bits per heavy atom. The number of rotatable bonds is 7. The van der Waals surface area contributed by atoms with Gasteiger partial charge in [-0.3, -0.25) is 4.79 Å². The predicted octanol–water partition coefficient (Wildman–Crippen LogP) is 2.10. The number of benzene rings is 1. The van der Waals surface area contributed by atoms with Gasteiger partial charge in [-0.15, -0.1) is 0 Å². The number of hydrogen-bond donors (Lipinski definition) is 2. The summed E-state index contributed by atoms with van der Waals surface area (Å²) in [6.45, 7) is 2.91. The number of carbonyl (C=O) groups is 1. The lowest BCUT2D eigenvalue weighted by molar-refractivity contribution is 0.102. The molecule has 0 bridgehead atoms. The highest BCUT2D eigenvalue weighted by molar-refractivity contribution is 6.03. The molecule has 7 nitrogen and oxygen atoms in total. The molecule has 23 heavy (non-hydrogen) atoms. The van der Waals surface area contributed by atoms with Crippen LogP contribution in [0.15, 0.2) is 30.3 Å². The quantitative estimate of drug-likeness (QED) is 0.761. The van der Waals surface area contributed by atoms with Crippen LogP contribution in [0.2, 0.25) is 0 Å². The van der Waals surface area contributed by atoms with Gasteiger partial charge in [-0.2, -0.15) is 0 Å². The van der Waals surface area contributed by atoms with E-state index < -0.39 is 0 Å². The maximum absolute atomic E-state index is 12.4. The van der Waals surface area contributed by atoms with E-state index in [-0.39, 0.29) is 5.91 Å². The number of ether oxygens (including phenoxy) is 2. The molecule has 0 atom stereocenters. The van der Waals surface area contributed by atoms with Gasteiger partial charge in [-0.25, -0.2) is 9.97 Å². The number of aryl methyl sites for hydroxylation is 1. The summed E-state index contributed by atoms with van der Waals surface area (Å²) in [6, 6.07) is 8.77. The van der Waals surface area contributed by atoms with Crippen molar-refractivity contribution in [2.24, 2.45) is 0 Å². The number of methoxy groups -OCH3 is 2. The second-order valence-electron chi connectivity index (χ2n) is 4.82. The summed E-state index contributed by atoms with van der Waals surface area (Å²) in [5.74, 6) is 0.764. The molecule has 0 aliphatic heterocycles. The molecule has 2 rings (SSSR count). The van der Waals surface area contributed by atoms with Gasteiger partial charge in [-0.05, 0) is 25.1 Å². The first-order valence-corrected chi connectivity index (χ1v) is 7.16. The van der Waals surface area contributed by atoms with E-state index in [1.54, 1.807) is 38.5 Å². The van der Waals surface area contributed by atoms with Crippen molar-refractivity contribution in [1.82, 2.24) is 9.97 Å². The van der Waals surface area contributed by atoms with E-state index in [1.165, 1.54) is 0 Å². The lowest BCUT2D eigenvalue weighted by atomic mass is 10.2. The van der Waals surface area contributed by atoms with Gasteiger partial charge < -0.3 is 20.1 Å². The molecule has 2 N–H and O–H groups in total. The molecular weight excluding hydrogens is 296 g/mol. The number of hydrogen-bond acceptors (Lipinski definition) is 6. The number of amides is 1. The minimum atomic E-state index is -0.307.